The SMILES string of the molecule is COc1ccc(N(N)c2nc(Nc3cnn(N4CCOCC4=O)c3)ncc2N)cc1. The Hall–Kier alpha value is -3.90. The molecule has 5 N–H and O–H groups in total. The van der Waals surface area contributed by atoms with Gasteiger partial charge < -0.3 is 20.5 Å². The number of nitrogens with two attached hydrogens (primary N) is 2. The summed E-state index contributed by atoms with van der Waals surface area (Å²) in [6, 6.07) is 7.15. The number of carbonyl (C=O) groups is 1. The average Bonchev–Trinajstić information content (AvgIpc) is 3.23. The maximum absolute atomic E-state index is 11.9. The molecule has 1 amide bonds. The summed E-state index contributed by atoms with van der Waals surface area (Å²) < 4.78 is 10.3. The molecule has 4 rings (SSSR count). The van der Waals surface area contributed by atoms with Gasteiger partial charge in [0.2, 0.25) is 5.95 Å². The van der Waals surface area contributed by atoms with Gasteiger partial charge in [-0.2, -0.15) is 14.9 Å². The zero-order valence-corrected chi connectivity index (χ0v) is 16.2. The van der Waals surface area contributed by atoms with Crippen LogP contribution in [0.2, 0.25) is 0 Å². The zero-order valence-electron chi connectivity index (χ0n) is 16.2. The standard InChI is InChI=1S/C18H21N9O3/c1-29-14-4-2-13(3-5-14)27(20)17-15(19)9-21-18(24-17)23-12-8-22-26(10-12)25-6-7-30-11-16(25)28/h2-5,8-10H,6-7,11,19-20H2,1H3,(H,21,23,24). The van der Waals surface area contributed by atoms with E-state index >= 15 is 0 Å². The molecule has 0 saturated carbocycles. The van der Waals surface area contributed by atoms with Crippen LogP contribution in [0.1, 0.15) is 0 Å². The van der Waals surface area contributed by atoms with Gasteiger partial charge in [-0.15, -0.1) is 0 Å². The molecule has 0 atom stereocenters. The average molecular weight is 411 g/mol. The lowest BCUT2D eigenvalue weighted by molar-refractivity contribution is -0.128. The quantitative estimate of drug-likeness (QED) is 0.387. The molecule has 2 aromatic heterocycles. The fourth-order valence-electron chi connectivity index (χ4n) is 2.86. The van der Waals surface area contributed by atoms with Crippen LogP contribution in [0.4, 0.5) is 28.8 Å². The van der Waals surface area contributed by atoms with Crippen molar-refractivity contribution in [3.63, 3.8) is 0 Å². The molecule has 30 heavy (non-hydrogen) atoms. The van der Waals surface area contributed by atoms with Crippen molar-refractivity contribution in [3.05, 3.63) is 42.9 Å². The Labute approximate surface area is 171 Å². The van der Waals surface area contributed by atoms with E-state index in [9.17, 15) is 4.79 Å². The Morgan fingerprint density at radius 2 is 2.07 bits per heavy atom. The molecule has 1 aliphatic rings. The van der Waals surface area contributed by atoms with E-state index in [1.165, 1.54) is 21.0 Å². The number of benzene rings is 1. The summed E-state index contributed by atoms with van der Waals surface area (Å²) in [4.78, 5) is 22.0. The van der Waals surface area contributed by atoms with Gasteiger partial charge >= 0.3 is 0 Å². The van der Waals surface area contributed by atoms with Crippen molar-refractivity contribution in [2.45, 2.75) is 0 Å². The summed E-state index contributed by atoms with van der Waals surface area (Å²) >= 11 is 0. The van der Waals surface area contributed by atoms with E-state index in [2.05, 4.69) is 20.4 Å². The summed E-state index contributed by atoms with van der Waals surface area (Å²) in [5.41, 5.74) is 7.60. The second kappa shape index (κ2) is 8.23. The van der Waals surface area contributed by atoms with Gasteiger partial charge in [-0.3, -0.25) is 9.80 Å². The highest BCUT2D eigenvalue weighted by Crippen LogP contribution is 2.28. The van der Waals surface area contributed by atoms with Crippen LogP contribution in [0.5, 0.6) is 5.75 Å². The normalized spacial score (nSPS) is 13.9. The van der Waals surface area contributed by atoms with E-state index in [4.69, 9.17) is 21.1 Å². The Morgan fingerprint density at radius 1 is 1.27 bits per heavy atom. The van der Waals surface area contributed by atoms with Gasteiger partial charge in [0.15, 0.2) is 5.82 Å². The zero-order chi connectivity index (χ0) is 21.1. The van der Waals surface area contributed by atoms with Crippen molar-refractivity contribution in [2.24, 2.45) is 5.84 Å². The molecule has 0 aliphatic carbocycles. The molecular formula is C18H21N9O3. The van der Waals surface area contributed by atoms with Gasteiger partial charge in [-0.25, -0.2) is 15.8 Å². The van der Waals surface area contributed by atoms with Crippen LogP contribution in [-0.2, 0) is 9.53 Å². The fraction of sp³-hybridized carbons (Fsp3) is 0.222. The third kappa shape index (κ3) is 3.94. The highest BCUT2D eigenvalue weighted by atomic mass is 16.5. The lowest BCUT2D eigenvalue weighted by atomic mass is 10.3. The van der Waals surface area contributed by atoms with Gasteiger partial charge in [-0.05, 0) is 24.3 Å². The van der Waals surface area contributed by atoms with E-state index in [-0.39, 0.29) is 18.5 Å². The molecule has 1 fully saturated rings. The number of nitrogens with one attached hydrogen (secondary N) is 1. The molecule has 1 saturated heterocycles. The highest BCUT2D eigenvalue weighted by Gasteiger charge is 2.21. The van der Waals surface area contributed by atoms with Crippen molar-refractivity contribution in [1.82, 2.24) is 19.9 Å². The van der Waals surface area contributed by atoms with Crippen LogP contribution in [0.15, 0.2) is 42.9 Å². The van der Waals surface area contributed by atoms with Crippen LogP contribution in [-0.4, -0.2) is 52.6 Å². The number of hydrogen-bond acceptors (Lipinski definition) is 10. The van der Waals surface area contributed by atoms with E-state index in [0.29, 0.717) is 41.8 Å². The third-order valence-corrected chi connectivity index (χ3v) is 4.41. The number of carbonyl (C=O) groups excluding carboxylic acids is 1. The minimum Gasteiger partial charge on any atom is -0.497 e. The number of rotatable bonds is 6. The van der Waals surface area contributed by atoms with Gasteiger partial charge in [0.05, 0.1) is 55.9 Å². The first-order valence-corrected chi connectivity index (χ1v) is 9.06. The number of hydrazine groups is 1. The lowest BCUT2D eigenvalue weighted by Gasteiger charge is -2.25. The monoisotopic (exact) mass is 411 g/mol. The molecule has 12 nitrogen and oxygen atoms in total. The maximum atomic E-state index is 11.9. The molecule has 1 aromatic carbocycles. The van der Waals surface area contributed by atoms with Crippen LogP contribution in [0, 0.1) is 0 Å². The molecular weight excluding hydrogens is 390 g/mol. The predicted molar refractivity (Wildman–Crippen MR) is 110 cm³/mol. The summed E-state index contributed by atoms with van der Waals surface area (Å²) in [7, 11) is 1.59. The fourth-order valence-corrected chi connectivity index (χ4v) is 2.86. The minimum atomic E-state index is -0.166. The second-order valence-electron chi connectivity index (χ2n) is 6.38. The maximum Gasteiger partial charge on any atom is 0.268 e. The van der Waals surface area contributed by atoms with E-state index in [1.807, 2.05) is 0 Å². The predicted octanol–water partition coefficient (Wildman–Crippen LogP) is 0.514. The molecule has 0 radical (unpaired) electrons. The van der Waals surface area contributed by atoms with Crippen LogP contribution in [0.25, 0.3) is 0 Å². The minimum absolute atomic E-state index is 0.0325. The van der Waals surface area contributed by atoms with E-state index in [1.54, 1.807) is 43.8 Å². The first-order chi connectivity index (χ1) is 14.5. The number of anilines is 5. The number of morpholine rings is 1. The molecule has 156 valence electrons. The topological polar surface area (TPSA) is 150 Å². The first-order valence-electron chi connectivity index (χ1n) is 9.06. The molecule has 3 heterocycles. The number of aromatic nitrogens is 4. The summed E-state index contributed by atoms with van der Waals surface area (Å²) in [6.07, 6.45) is 4.68. The third-order valence-electron chi connectivity index (χ3n) is 4.41. The highest BCUT2D eigenvalue weighted by molar-refractivity contribution is 5.87. The van der Waals surface area contributed by atoms with Gasteiger partial charge in [-0.1, -0.05) is 0 Å². The lowest BCUT2D eigenvalue weighted by Crippen LogP contribution is -2.48. The van der Waals surface area contributed by atoms with Crippen LogP contribution in [0.3, 0.4) is 0 Å². The number of amides is 1. The Balaban J connectivity index is 1.52. The van der Waals surface area contributed by atoms with Crippen LogP contribution >= 0.6 is 0 Å². The Morgan fingerprint density at radius 3 is 2.80 bits per heavy atom. The van der Waals surface area contributed by atoms with Gasteiger partial charge in [0.1, 0.15) is 12.4 Å². The van der Waals surface area contributed by atoms with Crippen LogP contribution < -0.4 is 31.6 Å². The Kier molecular flexibility index (Phi) is 5.32. The smallest absolute Gasteiger partial charge is 0.268 e. The number of methoxy groups -OCH3 is 1. The van der Waals surface area contributed by atoms with Crippen molar-refractivity contribution in [2.75, 3.05) is 47.9 Å². The van der Waals surface area contributed by atoms with Crippen molar-refractivity contribution < 1.29 is 14.3 Å². The Bertz CT molecular complexity index is 1040. The van der Waals surface area contributed by atoms with Crippen molar-refractivity contribution in [1.29, 1.82) is 0 Å². The van der Waals surface area contributed by atoms with Gasteiger partial charge in [0.25, 0.3) is 5.91 Å². The summed E-state index contributed by atoms with van der Waals surface area (Å²) in [5, 5.41) is 10.1. The van der Waals surface area contributed by atoms with E-state index < -0.39 is 0 Å². The molecule has 3 aromatic rings. The van der Waals surface area contributed by atoms with Crippen molar-refractivity contribution >= 4 is 34.7 Å². The number of hydrogen-bond donors (Lipinski definition) is 3. The second-order valence-corrected chi connectivity index (χ2v) is 6.38. The number of ether oxygens (including phenoxy) is 2. The van der Waals surface area contributed by atoms with E-state index in [0.717, 1.165) is 0 Å². The molecule has 12 heteroatoms. The number of nitrogen functional groups attached to an aromatic ring is 1. The molecule has 0 spiro atoms. The molecule has 0 unspecified atom stereocenters. The van der Waals surface area contributed by atoms with Gasteiger partial charge in [0, 0.05) is 0 Å². The molecule has 0 bridgehead atoms. The summed E-state index contributed by atoms with van der Waals surface area (Å²) in [6.45, 7) is 0.910. The first kappa shape index (κ1) is 19.4. The molecule has 1 aliphatic heterocycles. The summed E-state index contributed by atoms with van der Waals surface area (Å²) in [5.74, 6) is 7.35. The number of nitrogens with zero attached hydrogens (tertiary/aromatic N) is 6. The van der Waals surface area contributed by atoms with Crippen molar-refractivity contribution in [3.8, 4) is 5.75 Å². The largest absolute Gasteiger partial charge is 0.497 e.